The van der Waals surface area contributed by atoms with Gasteiger partial charge in [0.1, 0.15) is 16.3 Å². The molecule has 0 amide bonds. The number of aromatic nitrogens is 1. The molecule has 9 heteroatoms. The van der Waals surface area contributed by atoms with Gasteiger partial charge < -0.3 is 10.0 Å². The average molecular weight is 432 g/mol. The third kappa shape index (κ3) is 4.85. The minimum absolute atomic E-state index is 0.0270. The highest BCUT2D eigenvalue weighted by molar-refractivity contribution is 7.92. The Balaban J connectivity index is 1.90. The topological polar surface area (TPSA) is 99.6 Å². The molecule has 2 N–H and O–H groups in total. The quantitative estimate of drug-likeness (QED) is 0.589. The van der Waals surface area contributed by atoms with Crippen LogP contribution in [0.5, 0.6) is 0 Å². The highest BCUT2D eigenvalue weighted by Gasteiger charge is 2.21. The van der Waals surface area contributed by atoms with Crippen LogP contribution in [0.1, 0.15) is 15.9 Å². The van der Waals surface area contributed by atoms with E-state index < -0.39 is 16.0 Å². The molecule has 2 aromatic carbocycles. The number of hydrogen-bond acceptors (Lipinski definition) is 5. The Labute approximate surface area is 173 Å². The van der Waals surface area contributed by atoms with Gasteiger partial charge in [0.05, 0.1) is 16.9 Å². The molecule has 0 fully saturated rings. The number of carbonyl (C=O) groups is 1. The van der Waals surface area contributed by atoms with Crippen molar-refractivity contribution in [3.63, 3.8) is 0 Å². The van der Waals surface area contributed by atoms with E-state index in [0.29, 0.717) is 6.54 Å². The molecule has 0 spiro atoms. The smallest absolute Gasteiger partial charge is 0.339 e. The number of pyridine rings is 1. The summed E-state index contributed by atoms with van der Waals surface area (Å²) in [6.07, 6.45) is 1.28. The van der Waals surface area contributed by atoms with Gasteiger partial charge in [-0.25, -0.2) is 18.2 Å². The molecule has 0 saturated heterocycles. The fraction of sp³-hybridized carbons (Fsp3) is 0.100. The molecule has 0 atom stereocenters. The first kappa shape index (κ1) is 20.6. The van der Waals surface area contributed by atoms with E-state index in [4.69, 9.17) is 11.6 Å². The number of nitrogens with zero attached hydrogens (tertiary/aromatic N) is 2. The summed E-state index contributed by atoms with van der Waals surface area (Å²) >= 11 is 5.96. The Morgan fingerprint density at radius 3 is 2.45 bits per heavy atom. The summed E-state index contributed by atoms with van der Waals surface area (Å²) in [6.45, 7) is 0.443. The van der Waals surface area contributed by atoms with Crippen molar-refractivity contribution in [3.05, 3.63) is 83.0 Å². The molecule has 0 unspecified atom stereocenters. The first-order valence-electron chi connectivity index (χ1n) is 8.53. The number of nitrogens with one attached hydrogen (secondary N) is 1. The van der Waals surface area contributed by atoms with Gasteiger partial charge in [0.25, 0.3) is 10.0 Å². The minimum atomic E-state index is -4.00. The number of carboxylic acids is 1. The lowest BCUT2D eigenvalue weighted by Crippen LogP contribution is -2.21. The average Bonchev–Trinajstić information content (AvgIpc) is 2.68. The van der Waals surface area contributed by atoms with E-state index in [9.17, 15) is 18.3 Å². The number of sulfonamides is 1. The number of hydrogen-bond donors (Lipinski definition) is 2. The van der Waals surface area contributed by atoms with E-state index >= 15 is 0 Å². The first-order chi connectivity index (χ1) is 13.8. The zero-order valence-corrected chi connectivity index (χ0v) is 17.0. The normalized spacial score (nSPS) is 11.1. The van der Waals surface area contributed by atoms with Gasteiger partial charge >= 0.3 is 5.97 Å². The zero-order chi connectivity index (χ0) is 21.0. The van der Waals surface area contributed by atoms with E-state index in [0.717, 1.165) is 5.56 Å². The molecule has 0 radical (unpaired) electrons. The van der Waals surface area contributed by atoms with Crippen molar-refractivity contribution in [2.24, 2.45) is 0 Å². The Kier molecular flexibility index (Phi) is 6.05. The van der Waals surface area contributed by atoms with Crippen LogP contribution < -0.4 is 9.62 Å². The Hall–Kier alpha value is -3.10. The number of anilines is 2. The number of carboxylic acid groups (broad SMARTS) is 1. The summed E-state index contributed by atoms with van der Waals surface area (Å²) in [5, 5.41) is 9.66. The highest BCUT2D eigenvalue weighted by Crippen LogP contribution is 2.26. The van der Waals surface area contributed by atoms with Crippen molar-refractivity contribution in [1.82, 2.24) is 4.98 Å². The fourth-order valence-electron chi connectivity index (χ4n) is 2.78. The summed E-state index contributed by atoms with van der Waals surface area (Å²) in [4.78, 5) is 17.5. The van der Waals surface area contributed by atoms with Crippen molar-refractivity contribution in [1.29, 1.82) is 0 Å². The van der Waals surface area contributed by atoms with E-state index in [1.807, 2.05) is 30.3 Å². The molecule has 1 aromatic heterocycles. The summed E-state index contributed by atoms with van der Waals surface area (Å²) in [5.41, 5.74) is 0.888. The van der Waals surface area contributed by atoms with Gasteiger partial charge in [-0.15, -0.1) is 0 Å². The van der Waals surface area contributed by atoms with Crippen LogP contribution >= 0.6 is 11.6 Å². The lowest BCUT2D eigenvalue weighted by Gasteiger charge is -2.21. The molecule has 1 heterocycles. The Bertz CT molecular complexity index is 1140. The predicted molar refractivity (Wildman–Crippen MR) is 112 cm³/mol. The molecule has 3 rings (SSSR count). The molecular weight excluding hydrogens is 414 g/mol. The molecule has 0 saturated carbocycles. The van der Waals surface area contributed by atoms with Crippen molar-refractivity contribution in [2.75, 3.05) is 16.7 Å². The third-order valence-corrected chi connectivity index (χ3v) is 5.98. The standard InChI is InChI=1S/C20H18ClN3O4S/c1-24(13-14-7-3-2-4-8-14)19-16(20(25)26)11-15(12-22-19)23-29(27,28)18-10-6-5-9-17(18)21/h2-12,23H,13H2,1H3,(H,25,26). The number of rotatable bonds is 7. The molecule has 0 aliphatic carbocycles. The SMILES string of the molecule is CN(Cc1ccccc1)c1ncc(NS(=O)(=O)c2ccccc2Cl)cc1C(=O)O. The van der Waals surface area contributed by atoms with Crippen molar-refractivity contribution in [3.8, 4) is 0 Å². The zero-order valence-electron chi connectivity index (χ0n) is 15.4. The maximum atomic E-state index is 12.6. The highest BCUT2D eigenvalue weighted by atomic mass is 35.5. The van der Waals surface area contributed by atoms with Crippen LogP contribution in [0.2, 0.25) is 5.02 Å². The van der Waals surface area contributed by atoms with Crippen molar-refractivity contribution < 1.29 is 18.3 Å². The second-order valence-corrected chi connectivity index (χ2v) is 8.34. The van der Waals surface area contributed by atoms with Gasteiger partial charge in [0.2, 0.25) is 0 Å². The molecule has 7 nitrogen and oxygen atoms in total. The Morgan fingerprint density at radius 1 is 1.14 bits per heavy atom. The van der Waals surface area contributed by atoms with E-state index in [2.05, 4.69) is 9.71 Å². The van der Waals surface area contributed by atoms with E-state index in [1.165, 1.54) is 24.4 Å². The molecule has 150 valence electrons. The van der Waals surface area contributed by atoms with Crippen LogP contribution in [0.3, 0.4) is 0 Å². The Morgan fingerprint density at radius 2 is 1.79 bits per heavy atom. The van der Waals surface area contributed by atoms with Crippen molar-refractivity contribution in [2.45, 2.75) is 11.4 Å². The van der Waals surface area contributed by atoms with Gasteiger partial charge in [-0.05, 0) is 23.8 Å². The molecule has 3 aromatic rings. The van der Waals surface area contributed by atoms with E-state index in [-0.39, 0.29) is 27.0 Å². The maximum absolute atomic E-state index is 12.6. The molecular formula is C20H18ClN3O4S. The summed E-state index contributed by atoms with van der Waals surface area (Å²) in [7, 11) is -2.28. The van der Waals surface area contributed by atoms with Crippen LogP contribution in [-0.4, -0.2) is 31.5 Å². The fourth-order valence-corrected chi connectivity index (χ4v) is 4.33. The van der Waals surface area contributed by atoms with Crippen LogP contribution in [0.4, 0.5) is 11.5 Å². The number of halogens is 1. The molecule has 0 aliphatic rings. The lowest BCUT2D eigenvalue weighted by molar-refractivity contribution is 0.0697. The van der Waals surface area contributed by atoms with Crippen LogP contribution in [0.15, 0.2) is 71.8 Å². The second kappa shape index (κ2) is 8.50. The lowest BCUT2D eigenvalue weighted by atomic mass is 10.2. The summed E-state index contributed by atoms with van der Waals surface area (Å²) in [5.74, 6) is -0.992. The number of aromatic carboxylic acids is 1. The molecule has 0 aliphatic heterocycles. The van der Waals surface area contributed by atoms with Crippen LogP contribution in [-0.2, 0) is 16.6 Å². The largest absolute Gasteiger partial charge is 0.478 e. The van der Waals surface area contributed by atoms with Crippen molar-refractivity contribution >= 4 is 39.1 Å². The van der Waals surface area contributed by atoms with Gasteiger partial charge in [0.15, 0.2) is 0 Å². The van der Waals surface area contributed by atoms with Gasteiger partial charge in [-0.1, -0.05) is 54.1 Å². The van der Waals surface area contributed by atoms with Gasteiger partial charge in [0, 0.05) is 13.6 Å². The first-order valence-corrected chi connectivity index (χ1v) is 10.4. The predicted octanol–water partition coefficient (Wildman–Crippen LogP) is 3.87. The van der Waals surface area contributed by atoms with Gasteiger partial charge in [-0.3, -0.25) is 4.72 Å². The third-order valence-electron chi connectivity index (χ3n) is 4.10. The monoisotopic (exact) mass is 431 g/mol. The summed E-state index contributed by atoms with van der Waals surface area (Å²) < 4.78 is 27.5. The number of benzene rings is 2. The van der Waals surface area contributed by atoms with Gasteiger partial charge in [-0.2, -0.15) is 0 Å². The molecule has 29 heavy (non-hydrogen) atoms. The minimum Gasteiger partial charge on any atom is -0.478 e. The second-order valence-electron chi connectivity index (χ2n) is 6.28. The summed E-state index contributed by atoms with van der Waals surface area (Å²) in [6, 6.07) is 16.7. The van der Waals surface area contributed by atoms with Crippen LogP contribution in [0.25, 0.3) is 0 Å². The van der Waals surface area contributed by atoms with Crippen LogP contribution in [0, 0.1) is 0 Å². The maximum Gasteiger partial charge on any atom is 0.339 e. The van der Waals surface area contributed by atoms with E-state index in [1.54, 1.807) is 24.1 Å². The molecule has 0 bridgehead atoms.